The molecule has 3 nitrogen and oxygen atoms in total. The molecule has 0 saturated carbocycles. The van der Waals surface area contributed by atoms with E-state index >= 15 is 0 Å². The number of thiophene rings is 1. The first-order chi connectivity index (χ1) is 8.67. The molecule has 100 valence electrons. The van der Waals surface area contributed by atoms with E-state index in [0.29, 0.717) is 5.92 Å². The van der Waals surface area contributed by atoms with Gasteiger partial charge >= 0.3 is 0 Å². The van der Waals surface area contributed by atoms with E-state index < -0.39 is 0 Å². The lowest BCUT2D eigenvalue weighted by atomic mass is 10.0. The van der Waals surface area contributed by atoms with Crippen LogP contribution in [0, 0.1) is 5.92 Å². The number of rotatable bonds is 5. The third-order valence-electron chi connectivity index (χ3n) is 3.84. The number of nitrogens with zero attached hydrogens (tertiary/aromatic N) is 1. The molecule has 1 amide bonds. The molecule has 2 rings (SSSR count). The van der Waals surface area contributed by atoms with Crippen molar-refractivity contribution < 1.29 is 4.79 Å². The molecule has 0 radical (unpaired) electrons. The summed E-state index contributed by atoms with van der Waals surface area (Å²) in [5, 5.41) is 7.59. The van der Waals surface area contributed by atoms with E-state index in [4.69, 9.17) is 0 Å². The summed E-state index contributed by atoms with van der Waals surface area (Å²) in [7, 11) is 0. The first-order valence-corrected chi connectivity index (χ1v) is 7.70. The van der Waals surface area contributed by atoms with Crippen LogP contribution in [-0.4, -0.2) is 23.4 Å². The molecule has 1 aromatic heterocycles. The SMILES string of the molecule is CCC(CC)CN1C(=O)C(C)NC1c1ccsc1. The van der Waals surface area contributed by atoms with Crippen molar-refractivity contribution in [3.8, 4) is 0 Å². The highest BCUT2D eigenvalue weighted by Crippen LogP contribution is 2.28. The molecule has 0 aromatic carbocycles. The summed E-state index contributed by atoms with van der Waals surface area (Å²) < 4.78 is 0. The minimum atomic E-state index is -0.0655. The van der Waals surface area contributed by atoms with Gasteiger partial charge in [-0.2, -0.15) is 11.3 Å². The first-order valence-electron chi connectivity index (χ1n) is 6.76. The molecule has 1 aliphatic rings. The van der Waals surface area contributed by atoms with Crippen molar-refractivity contribution in [3.05, 3.63) is 22.4 Å². The Balaban J connectivity index is 2.15. The monoisotopic (exact) mass is 266 g/mol. The van der Waals surface area contributed by atoms with Crippen LogP contribution < -0.4 is 5.32 Å². The average molecular weight is 266 g/mol. The molecule has 1 aromatic rings. The maximum absolute atomic E-state index is 12.2. The predicted molar refractivity (Wildman–Crippen MR) is 75.4 cm³/mol. The van der Waals surface area contributed by atoms with Crippen molar-refractivity contribution in [2.45, 2.75) is 45.8 Å². The van der Waals surface area contributed by atoms with Crippen molar-refractivity contribution in [1.82, 2.24) is 10.2 Å². The van der Waals surface area contributed by atoms with Crippen molar-refractivity contribution in [3.63, 3.8) is 0 Å². The van der Waals surface area contributed by atoms with Gasteiger partial charge in [0.1, 0.15) is 6.17 Å². The largest absolute Gasteiger partial charge is 0.321 e. The Morgan fingerprint density at radius 2 is 2.17 bits per heavy atom. The van der Waals surface area contributed by atoms with Crippen molar-refractivity contribution in [2.24, 2.45) is 5.92 Å². The molecule has 2 atom stereocenters. The molecule has 0 bridgehead atoms. The minimum Gasteiger partial charge on any atom is -0.321 e. The molecule has 1 fully saturated rings. The zero-order valence-corrected chi connectivity index (χ0v) is 12.2. The van der Waals surface area contributed by atoms with E-state index in [0.717, 1.165) is 19.4 Å². The van der Waals surface area contributed by atoms with E-state index in [1.54, 1.807) is 11.3 Å². The Hall–Kier alpha value is -0.870. The summed E-state index contributed by atoms with van der Waals surface area (Å²) in [4.78, 5) is 14.3. The molecule has 0 spiro atoms. The van der Waals surface area contributed by atoms with Gasteiger partial charge in [-0.1, -0.05) is 26.7 Å². The maximum Gasteiger partial charge on any atom is 0.241 e. The number of carbonyl (C=O) groups is 1. The van der Waals surface area contributed by atoms with Crippen LogP contribution in [0.5, 0.6) is 0 Å². The van der Waals surface area contributed by atoms with Crippen LogP contribution in [0.4, 0.5) is 0 Å². The van der Waals surface area contributed by atoms with Crippen LogP contribution >= 0.6 is 11.3 Å². The summed E-state index contributed by atoms with van der Waals surface area (Å²) in [5.74, 6) is 0.834. The van der Waals surface area contributed by atoms with E-state index in [9.17, 15) is 4.79 Å². The molecule has 1 N–H and O–H groups in total. The summed E-state index contributed by atoms with van der Waals surface area (Å²) in [6.45, 7) is 7.22. The highest BCUT2D eigenvalue weighted by atomic mass is 32.1. The molecule has 2 unspecified atom stereocenters. The Labute approximate surface area is 113 Å². The Kier molecular flexibility index (Phi) is 4.40. The average Bonchev–Trinajstić information content (AvgIpc) is 2.98. The van der Waals surface area contributed by atoms with Gasteiger partial charge in [-0.3, -0.25) is 10.1 Å². The zero-order chi connectivity index (χ0) is 13.1. The van der Waals surface area contributed by atoms with E-state index in [2.05, 4.69) is 36.0 Å². The fourth-order valence-corrected chi connectivity index (χ4v) is 3.18. The highest BCUT2D eigenvalue weighted by molar-refractivity contribution is 7.07. The third kappa shape index (κ3) is 2.59. The quantitative estimate of drug-likeness (QED) is 0.888. The van der Waals surface area contributed by atoms with Gasteiger partial charge in [0.25, 0.3) is 0 Å². The normalized spacial score (nSPS) is 24.2. The smallest absolute Gasteiger partial charge is 0.241 e. The lowest BCUT2D eigenvalue weighted by Gasteiger charge is -2.27. The van der Waals surface area contributed by atoms with Crippen LogP contribution in [0.3, 0.4) is 0 Å². The molecular weight excluding hydrogens is 244 g/mol. The highest BCUT2D eigenvalue weighted by Gasteiger charge is 2.37. The molecule has 18 heavy (non-hydrogen) atoms. The second kappa shape index (κ2) is 5.85. The fourth-order valence-electron chi connectivity index (χ4n) is 2.50. The van der Waals surface area contributed by atoms with Crippen LogP contribution in [0.25, 0.3) is 0 Å². The van der Waals surface area contributed by atoms with Gasteiger partial charge in [0.2, 0.25) is 5.91 Å². The molecule has 0 aliphatic carbocycles. The molecular formula is C14H22N2OS. The molecule has 1 saturated heterocycles. The van der Waals surface area contributed by atoms with Crippen molar-refractivity contribution >= 4 is 17.2 Å². The van der Waals surface area contributed by atoms with E-state index in [1.807, 2.05) is 11.8 Å². The van der Waals surface area contributed by atoms with Crippen molar-refractivity contribution in [2.75, 3.05) is 6.54 Å². The van der Waals surface area contributed by atoms with Crippen LogP contribution in [-0.2, 0) is 4.79 Å². The standard InChI is InChI=1S/C14H22N2OS/c1-4-11(5-2)8-16-13(12-6-7-18-9-12)15-10(3)14(16)17/h6-7,9-11,13,15H,4-5,8H2,1-3H3. The summed E-state index contributed by atoms with van der Waals surface area (Å²) in [5.41, 5.74) is 1.21. The van der Waals surface area contributed by atoms with E-state index in [1.165, 1.54) is 5.56 Å². The number of nitrogens with one attached hydrogen (secondary N) is 1. The van der Waals surface area contributed by atoms with Gasteiger partial charge in [-0.25, -0.2) is 0 Å². The third-order valence-corrected chi connectivity index (χ3v) is 4.54. The lowest BCUT2D eigenvalue weighted by Crippen LogP contribution is -2.34. The lowest BCUT2D eigenvalue weighted by molar-refractivity contribution is -0.130. The maximum atomic E-state index is 12.2. The number of hydrogen-bond donors (Lipinski definition) is 1. The molecule has 4 heteroatoms. The van der Waals surface area contributed by atoms with Crippen molar-refractivity contribution in [1.29, 1.82) is 0 Å². The van der Waals surface area contributed by atoms with Gasteiger partial charge in [0, 0.05) is 6.54 Å². The number of carbonyl (C=O) groups excluding carboxylic acids is 1. The van der Waals surface area contributed by atoms with Crippen LogP contribution in [0.2, 0.25) is 0 Å². The van der Waals surface area contributed by atoms with Gasteiger partial charge < -0.3 is 4.90 Å². The topological polar surface area (TPSA) is 32.3 Å². The molecule has 1 aliphatic heterocycles. The second-order valence-corrected chi connectivity index (χ2v) is 5.80. The Morgan fingerprint density at radius 3 is 2.72 bits per heavy atom. The predicted octanol–water partition coefficient (Wildman–Crippen LogP) is 3.00. The number of hydrogen-bond acceptors (Lipinski definition) is 3. The minimum absolute atomic E-state index is 0.0655. The van der Waals surface area contributed by atoms with Gasteiger partial charge in [-0.15, -0.1) is 0 Å². The second-order valence-electron chi connectivity index (χ2n) is 5.02. The summed E-state index contributed by atoms with van der Waals surface area (Å²) in [6.07, 6.45) is 2.33. The van der Waals surface area contributed by atoms with Gasteiger partial charge in [-0.05, 0) is 35.2 Å². The van der Waals surface area contributed by atoms with Gasteiger partial charge in [0.15, 0.2) is 0 Å². The Bertz CT molecular complexity index is 387. The van der Waals surface area contributed by atoms with Crippen LogP contribution in [0.1, 0.15) is 45.3 Å². The Morgan fingerprint density at radius 1 is 1.44 bits per heavy atom. The van der Waals surface area contributed by atoms with Gasteiger partial charge in [0.05, 0.1) is 6.04 Å². The summed E-state index contributed by atoms with van der Waals surface area (Å²) in [6, 6.07) is 2.04. The van der Waals surface area contributed by atoms with Crippen LogP contribution in [0.15, 0.2) is 16.8 Å². The molecule has 2 heterocycles. The first kappa shape index (κ1) is 13.6. The van der Waals surface area contributed by atoms with E-state index in [-0.39, 0.29) is 18.1 Å². The zero-order valence-electron chi connectivity index (χ0n) is 11.3. The number of amides is 1. The fraction of sp³-hybridized carbons (Fsp3) is 0.643. The summed E-state index contributed by atoms with van der Waals surface area (Å²) >= 11 is 1.68.